The first kappa shape index (κ1) is 104. The van der Waals surface area contributed by atoms with E-state index in [2.05, 4.69) is 79.8 Å². The molecule has 0 saturated carbocycles. The van der Waals surface area contributed by atoms with Crippen LogP contribution in [0.3, 0.4) is 0 Å². The molecule has 44 heteroatoms. The van der Waals surface area contributed by atoms with E-state index >= 15 is 19.2 Å². The van der Waals surface area contributed by atoms with Gasteiger partial charge in [-0.2, -0.15) is 0 Å². The monoisotopic (exact) mass is 1780 g/mol. The number of phenols is 1. The summed E-state index contributed by atoms with van der Waals surface area (Å²) in [4.78, 5) is 266. The SMILES string of the molecule is CC(C)/C=C/C=C\C(=O)NCCC(=O)N[C@@H](CCCNC(=O)CCN)C(=O)NC(CC(O)c1ccccc1)C(=O)NC(C(=O)N[C@@H](Cc1ccc(O)cc1)C(=O)NC1C(=O)N[C@H](CC(C)C)C(=O)N[C@@H](CC(=O)O)C(=O)NCC(=O)N[C@@H](CO)C(=O)NCC(=O)N[C@@H](CC(=O)c2ccc(Cl)cc2N)C(=O)N[C@@H](C)C(=O)N2CCC[C@H]2C(=O)NC1C)C(O)CC(=O)O. The molecule has 2 fully saturated rings. The highest BCUT2D eigenvalue weighted by molar-refractivity contribution is 6.31. The van der Waals surface area contributed by atoms with Crippen LogP contribution in [-0.2, 0) is 92.7 Å². The van der Waals surface area contributed by atoms with Crippen LogP contribution in [0.2, 0.25) is 5.02 Å². The average Bonchev–Trinajstić information content (AvgIpc) is 1.56. The minimum absolute atomic E-state index is 0.00129. The van der Waals surface area contributed by atoms with Crippen molar-refractivity contribution in [2.24, 2.45) is 17.6 Å². The molecule has 2 aliphatic heterocycles. The minimum atomic E-state index is -2.47. The molecular formula is C82H113ClN18O25. The van der Waals surface area contributed by atoms with E-state index in [-0.39, 0.29) is 104 Å². The number of amides is 16. The summed E-state index contributed by atoms with van der Waals surface area (Å²) in [6.45, 7) is 5.67. The number of carbonyl (C=O) groups excluding carboxylic acids is 17. The van der Waals surface area contributed by atoms with Gasteiger partial charge in [0.05, 0.1) is 50.8 Å². The maximum Gasteiger partial charge on any atom is 0.306 e. The van der Waals surface area contributed by atoms with E-state index < -0.39 is 261 Å². The van der Waals surface area contributed by atoms with Gasteiger partial charge in [0.1, 0.15) is 72.2 Å². The highest BCUT2D eigenvalue weighted by Crippen LogP contribution is 2.24. The molecule has 0 spiro atoms. The van der Waals surface area contributed by atoms with Crippen LogP contribution in [0.25, 0.3) is 0 Å². The molecular weight excluding hydrogens is 1670 g/mol. The van der Waals surface area contributed by atoms with Gasteiger partial charge in [-0.25, -0.2) is 0 Å². The molecule has 0 bridgehead atoms. The molecule has 0 radical (unpaired) electrons. The molecule has 2 heterocycles. The van der Waals surface area contributed by atoms with Gasteiger partial charge < -0.3 is 127 Å². The fourth-order valence-electron chi connectivity index (χ4n) is 13.0. The van der Waals surface area contributed by atoms with Crippen molar-refractivity contribution in [1.82, 2.24) is 84.7 Å². The second kappa shape index (κ2) is 51.9. The van der Waals surface area contributed by atoms with Crippen LogP contribution in [-0.4, -0.2) is 272 Å². The van der Waals surface area contributed by atoms with Gasteiger partial charge in [0.15, 0.2) is 5.78 Å². The van der Waals surface area contributed by atoms with Gasteiger partial charge in [-0.15, -0.1) is 0 Å². The summed E-state index contributed by atoms with van der Waals surface area (Å²) in [5.74, 6) is -23.0. The largest absolute Gasteiger partial charge is 0.508 e. The normalized spacial score (nSPS) is 20.6. The van der Waals surface area contributed by atoms with E-state index in [1.807, 2.05) is 19.9 Å². The third kappa shape index (κ3) is 35.3. The van der Waals surface area contributed by atoms with E-state index in [4.69, 9.17) is 23.1 Å². The number of Topliss-reactive ketones (excluding diaryl/α,β-unsaturated/α-hetero) is 1. The molecule has 126 heavy (non-hydrogen) atoms. The second-order valence-electron chi connectivity index (χ2n) is 30.8. The van der Waals surface area contributed by atoms with E-state index in [0.717, 1.165) is 24.0 Å². The summed E-state index contributed by atoms with van der Waals surface area (Å²) >= 11 is 6.07. The van der Waals surface area contributed by atoms with Crippen LogP contribution in [0.5, 0.6) is 5.75 Å². The Balaban J connectivity index is 1.61. The number of ketones is 1. The second-order valence-corrected chi connectivity index (χ2v) is 31.2. The Labute approximate surface area is 729 Å². The number of nitrogens with one attached hydrogen (secondary N) is 15. The molecule has 0 aromatic heterocycles. The lowest BCUT2D eigenvalue weighted by Crippen LogP contribution is -2.65. The van der Waals surface area contributed by atoms with Gasteiger partial charge in [0, 0.05) is 80.6 Å². The summed E-state index contributed by atoms with van der Waals surface area (Å²) in [5.41, 5.74) is 11.6. The van der Waals surface area contributed by atoms with Crippen LogP contribution in [0.4, 0.5) is 5.69 Å². The zero-order valence-electron chi connectivity index (χ0n) is 70.3. The maximum absolute atomic E-state index is 15.5. The summed E-state index contributed by atoms with van der Waals surface area (Å²) in [6, 6.07) is -6.54. The van der Waals surface area contributed by atoms with Crippen molar-refractivity contribution in [2.75, 3.05) is 51.6 Å². The van der Waals surface area contributed by atoms with Crippen molar-refractivity contribution in [2.45, 2.75) is 203 Å². The number of anilines is 1. The molecule has 16 amide bonds. The topological polar surface area (TPSA) is 681 Å². The predicted octanol–water partition coefficient (Wildman–Crippen LogP) is -4.95. The van der Waals surface area contributed by atoms with Gasteiger partial charge in [0.2, 0.25) is 94.5 Å². The number of nitrogens with zero attached hydrogens (tertiary/aromatic N) is 1. The Morgan fingerprint density at radius 3 is 1.87 bits per heavy atom. The van der Waals surface area contributed by atoms with Gasteiger partial charge >= 0.3 is 11.9 Å². The van der Waals surface area contributed by atoms with Crippen molar-refractivity contribution in [1.29, 1.82) is 0 Å². The Hall–Kier alpha value is -13.0. The molecule has 688 valence electrons. The Morgan fingerprint density at radius 1 is 0.627 bits per heavy atom. The Morgan fingerprint density at radius 2 is 1.25 bits per heavy atom. The van der Waals surface area contributed by atoms with Crippen LogP contribution in [0.15, 0.2) is 97.1 Å². The highest BCUT2D eigenvalue weighted by Gasteiger charge is 2.43. The lowest BCUT2D eigenvalue weighted by Gasteiger charge is -2.32. The lowest BCUT2D eigenvalue weighted by molar-refractivity contribution is -0.143. The molecule has 14 atom stereocenters. The molecule has 5 rings (SSSR count). The van der Waals surface area contributed by atoms with Crippen molar-refractivity contribution in [3.63, 3.8) is 0 Å². The first-order valence-corrected chi connectivity index (χ1v) is 41.0. The quantitative estimate of drug-likeness (QED) is 0.00845. The van der Waals surface area contributed by atoms with Gasteiger partial charge in [-0.3, -0.25) is 91.1 Å². The van der Waals surface area contributed by atoms with Crippen molar-refractivity contribution in [3.05, 3.63) is 119 Å². The summed E-state index contributed by atoms with van der Waals surface area (Å²) < 4.78 is 0. The first-order valence-electron chi connectivity index (χ1n) is 40.7. The number of carboxylic acid groups (broad SMARTS) is 2. The average molecular weight is 1790 g/mol. The van der Waals surface area contributed by atoms with Crippen molar-refractivity contribution in [3.8, 4) is 5.75 Å². The molecule has 2 saturated heterocycles. The van der Waals surface area contributed by atoms with E-state index in [9.17, 15) is 103 Å². The standard InChI is InChI=1S/C82H113ClN18O25/c1-42(2)14-10-11-19-63(107)87-30-27-65(109)92-52(17-12-29-86-64(108)26-28-84)74(118)95-56(35-60(104)47-15-8-7-9-16-47)78(122)100-71(62(106)38-69(114)115)81(125)98-54(33-46-20-23-49(103)24-21-46)77(121)99-70-44(5)90-79(123)59-18-13-31-101(59)82(126)45(6)91-75(119)55(36-61(105)50-25-22-48(83)34-51(50)85)93-66(110)39-89-73(117)58(41-102)94-67(111)40-88-72(116)57(37-68(112)113)96-76(120)53(32-43(3)4)97-80(70)124/h7-11,14-16,19-25,34,42-45,52-60,62,70-71,102-104,106H,12-13,17-18,26-33,35-41,84-85H2,1-6H3,(H,86,108)(H,87,107)(H,88,116)(H,89,117)(H,90,123)(H,91,119)(H,92,109)(H,93,110)(H,94,111)(H,95,118)(H,96,120)(H,97,124)(H,98,125)(H,99,121)(H,100,122)(H,112,113)(H,114,115)/b14-10+,19-11-/t44?,45-,52-,53+,54-,55-,56?,57-,58-,59-,60?,62?,70?,71?/m0/s1. The molecule has 2 aliphatic rings. The van der Waals surface area contributed by atoms with Crippen molar-refractivity contribution < 1.29 is 122 Å². The number of phenolic OH excluding ortho intramolecular Hbond substituents is 1. The van der Waals surface area contributed by atoms with Crippen LogP contribution in [0, 0.1) is 11.8 Å². The summed E-state index contributed by atoms with van der Waals surface area (Å²) in [6.07, 6.45) is -3.78. The minimum Gasteiger partial charge on any atom is -0.508 e. The fraction of sp³-hybridized carbons (Fsp3) is 0.500. The third-order valence-electron chi connectivity index (χ3n) is 19.6. The Kier molecular flexibility index (Phi) is 42.7. The van der Waals surface area contributed by atoms with Crippen LogP contribution in [0.1, 0.15) is 140 Å². The molecule has 0 aliphatic carbocycles. The highest BCUT2D eigenvalue weighted by atomic mass is 35.5. The van der Waals surface area contributed by atoms with E-state index in [0.29, 0.717) is 0 Å². The maximum atomic E-state index is 15.5. The molecule has 43 nitrogen and oxygen atoms in total. The van der Waals surface area contributed by atoms with E-state index in [1.165, 1.54) is 73.7 Å². The number of hydrogen-bond donors (Lipinski definition) is 23. The number of carbonyl (C=O) groups is 19. The van der Waals surface area contributed by atoms with Crippen LogP contribution >= 0.6 is 11.6 Å². The first-order chi connectivity index (χ1) is 59.6. The molecule has 3 aromatic rings. The number of fused-ring (bicyclic) bond motifs is 1. The summed E-state index contributed by atoms with van der Waals surface area (Å²) in [7, 11) is 0. The number of nitrogens with two attached hydrogens (primary N) is 2. The summed E-state index contributed by atoms with van der Waals surface area (Å²) in [5, 5.41) is 99.7. The van der Waals surface area contributed by atoms with Crippen LogP contribution < -0.4 is 91.2 Å². The number of aliphatic hydroxyl groups is 3. The van der Waals surface area contributed by atoms with Gasteiger partial charge in [0.25, 0.3) is 0 Å². The molecule has 3 aromatic carbocycles. The number of halogens is 1. The van der Waals surface area contributed by atoms with Crippen molar-refractivity contribution >= 4 is 130 Å². The number of nitrogen functional groups attached to an aromatic ring is 1. The third-order valence-corrected chi connectivity index (χ3v) is 19.8. The predicted molar refractivity (Wildman–Crippen MR) is 450 cm³/mol. The van der Waals surface area contributed by atoms with Gasteiger partial charge in [-0.1, -0.05) is 100.0 Å². The number of hydrogen-bond acceptors (Lipinski definition) is 25. The Bertz CT molecular complexity index is 4440. The number of carboxylic acids is 2. The lowest BCUT2D eigenvalue weighted by atomic mass is 9.99. The number of benzene rings is 3. The fourth-order valence-corrected chi connectivity index (χ4v) is 13.2. The number of allylic oxidation sites excluding steroid dienone is 3. The number of aliphatic carboxylic acids is 2. The van der Waals surface area contributed by atoms with E-state index in [1.54, 1.807) is 26.0 Å². The molecule has 6 unspecified atom stereocenters. The zero-order chi connectivity index (χ0) is 93.6. The number of aromatic hydroxyl groups is 1. The number of rotatable bonds is 37. The zero-order valence-corrected chi connectivity index (χ0v) is 71.1. The smallest absolute Gasteiger partial charge is 0.306 e. The number of aliphatic hydroxyl groups excluding tert-OH is 3. The van der Waals surface area contributed by atoms with Gasteiger partial charge in [-0.05, 0) is 99.2 Å². The molecule has 25 N–H and O–H groups in total.